The quantitative estimate of drug-likeness (QED) is 0.818. The van der Waals surface area contributed by atoms with Gasteiger partial charge in [0.15, 0.2) is 0 Å². The Balaban J connectivity index is 1.90. The van der Waals surface area contributed by atoms with Crippen molar-refractivity contribution in [3.8, 4) is 0 Å². The molecule has 2 rings (SSSR count). The highest BCUT2D eigenvalue weighted by atomic mass is 79.9. The highest BCUT2D eigenvalue weighted by Gasteiger charge is 2.18. The van der Waals surface area contributed by atoms with Crippen molar-refractivity contribution in [2.24, 2.45) is 11.8 Å². The van der Waals surface area contributed by atoms with Crippen LogP contribution < -0.4 is 11.1 Å². The number of benzene rings is 1. The Morgan fingerprint density at radius 3 is 3.00 bits per heavy atom. The summed E-state index contributed by atoms with van der Waals surface area (Å²) in [6, 6.07) is 5.97. The van der Waals surface area contributed by atoms with Gasteiger partial charge >= 0.3 is 0 Å². The van der Waals surface area contributed by atoms with Crippen LogP contribution >= 0.6 is 15.9 Å². The number of nitrogens with two attached hydrogens (primary N) is 1. The fourth-order valence-corrected chi connectivity index (χ4v) is 3.04. The number of halogens is 1. The molecule has 1 aromatic rings. The monoisotopic (exact) mass is 296 g/mol. The van der Waals surface area contributed by atoms with Crippen molar-refractivity contribution in [2.75, 3.05) is 17.6 Å². The molecule has 1 fully saturated rings. The van der Waals surface area contributed by atoms with E-state index in [4.69, 9.17) is 5.73 Å². The normalized spacial score (nSPS) is 24.6. The van der Waals surface area contributed by atoms with Crippen LogP contribution in [0.2, 0.25) is 0 Å². The molecule has 0 bridgehead atoms. The SMILES string of the molecule is CC1CCCC(CNc2cc(Br)ccc2N)C1. The predicted octanol–water partition coefficient (Wildman–Crippen LogP) is 4.27. The molecule has 0 aliphatic heterocycles. The Hall–Kier alpha value is -0.700. The maximum absolute atomic E-state index is 5.95. The molecule has 0 amide bonds. The fraction of sp³-hybridized carbons (Fsp3) is 0.571. The van der Waals surface area contributed by atoms with Crippen molar-refractivity contribution in [1.29, 1.82) is 0 Å². The van der Waals surface area contributed by atoms with Crippen molar-refractivity contribution in [3.63, 3.8) is 0 Å². The summed E-state index contributed by atoms with van der Waals surface area (Å²) < 4.78 is 1.08. The zero-order valence-electron chi connectivity index (χ0n) is 10.4. The molecular weight excluding hydrogens is 276 g/mol. The van der Waals surface area contributed by atoms with E-state index in [-0.39, 0.29) is 0 Å². The molecule has 94 valence electrons. The van der Waals surface area contributed by atoms with E-state index in [1.807, 2.05) is 12.1 Å². The number of nitrogen functional groups attached to an aromatic ring is 1. The Bertz CT molecular complexity index is 378. The second kappa shape index (κ2) is 5.76. The summed E-state index contributed by atoms with van der Waals surface area (Å²) in [5, 5.41) is 3.49. The van der Waals surface area contributed by atoms with E-state index in [1.54, 1.807) is 0 Å². The van der Waals surface area contributed by atoms with Gasteiger partial charge in [-0.3, -0.25) is 0 Å². The van der Waals surface area contributed by atoms with Gasteiger partial charge in [-0.25, -0.2) is 0 Å². The second-order valence-electron chi connectivity index (χ2n) is 5.25. The Morgan fingerprint density at radius 1 is 1.41 bits per heavy atom. The highest BCUT2D eigenvalue weighted by Crippen LogP contribution is 2.30. The van der Waals surface area contributed by atoms with Crippen LogP contribution in [0.3, 0.4) is 0 Å². The minimum Gasteiger partial charge on any atom is -0.397 e. The first-order valence-corrected chi connectivity index (χ1v) is 7.23. The van der Waals surface area contributed by atoms with Gasteiger partial charge in [-0.1, -0.05) is 35.7 Å². The second-order valence-corrected chi connectivity index (χ2v) is 6.17. The van der Waals surface area contributed by atoms with E-state index in [9.17, 15) is 0 Å². The van der Waals surface area contributed by atoms with Crippen LogP contribution in [-0.2, 0) is 0 Å². The lowest BCUT2D eigenvalue weighted by molar-refractivity contribution is 0.293. The summed E-state index contributed by atoms with van der Waals surface area (Å²) in [6.45, 7) is 3.41. The summed E-state index contributed by atoms with van der Waals surface area (Å²) in [5.74, 6) is 1.69. The van der Waals surface area contributed by atoms with E-state index in [0.29, 0.717) is 0 Å². The molecule has 2 unspecified atom stereocenters. The third kappa shape index (κ3) is 3.63. The Morgan fingerprint density at radius 2 is 2.24 bits per heavy atom. The zero-order chi connectivity index (χ0) is 12.3. The van der Waals surface area contributed by atoms with E-state index >= 15 is 0 Å². The molecular formula is C14H21BrN2. The topological polar surface area (TPSA) is 38.0 Å². The average molecular weight is 297 g/mol. The molecule has 1 aliphatic rings. The van der Waals surface area contributed by atoms with Gasteiger partial charge in [0.25, 0.3) is 0 Å². The van der Waals surface area contributed by atoms with Gasteiger partial charge in [-0.05, 0) is 42.9 Å². The summed E-state index contributed by atoms with van der Waals surface area (Å²) in [6.07, 6.45) is 5.48. The zero-order valence-corrected chi connectivity index (χ0v) is 12.0. The molecule has 3 heteroatoms. The van der Waals surface area contributed by atoms with E-state index < -0.39 is 0 Å². The molecule has 0 radical (unpaired) electrons. The van der Waals surface area contributed by atoms with Crippen LogP contribution in [0.15, 0.2) is 22.7 Å². The molecule has 2 atom stereocenters. The van der Waals surface area contributed by atoms with E-state index in [2.05, 4.69) is 34.2 Å². The molecule has 17 heavy (non-hydrogen) atoms. The minimum absolute atomic E-state index is 0.803. The summed E-state index contributed by atoms with van der Waals surface area (Å²) >= 11 is 3.48. The maximum atomic E-state index is 5.95. The van der Waals surface area contributed by atoms with E-state index in [0.717, 1.165) is 34.2 Å². The summed E-state index contributed by atoms with van der Waals surface area (Å²) in [5.41, 5.74) is 7.83. The van der Waals surface area contributed by atoms with Crippen LogP contribution in [0.25, 0.3) is 0 Å². The summed E-state index contributed by atoms with van der Waals surface area (Å²) in [4.78, 5) is 0. The molecule has 0 heterocycles. The number of rotatable bonds is 3. The molecule has 3 N–H and O–H groups in total. The first-order chi connectivity index (χ1) is 8.15. The van der Waals surface area contributed by atoms with Crippen LogP contribution in [-0.4, -0.2) is 6.54 Å². The molecule has 2 nitrogen and oxygen atoms in total. The molecule has 0 saturated heterocycles. The lowest BCUT2D eigenvalue weighted by Crippen LogP contribution is -2.21. The number of hydrogen-bond acceptors (Lipinski definition) is 2. The largest absolute Gasteiger partial charge is 0.397 e. The van der Waals surface area contributed by atoms with Gasteiger partial charge in [-0.15, -0.1) is 0 Å². The van der Waals surface area contributed by atoms with Crippen molar-refractivity contribution < 1.29 is 0 Å². The maximum Gasteiger partial charge on any atom is 0.0585 e. The highest BCUT2D eigenvalue weighted by molar-refractivity contribution is 9.10. The van der Waals surface area contributed by atoms with Crippen LogP contribution in [0.5, 0.6) is 0 Å². The van der Waals surface area contributed by atoms with Gasteiger partial charge in [-0.2, -0.15) is 0 Å². The van der Waals surface area contributed by atoms with Crippen LogP contribution in [0.1, 0.15) is 32.6 Å². The number of hydrogen-bond donors (Lipinski definition) is 2. The molecule has 1 saturated carbocycles. The first-order valence-electron chi connectivity index (χ1n) is 6.44. The van der Waals surface area contributed by atoms with Crippen LogP contribution in [0, 0.1) is 11.8 Å². The third-order valence-electron chi connectivity index (χ3n) is 3.64. The van der Waals surface area contributed by atoms with Crippen molar-refractivity contribution in [3.05, 3.63) is 22.7 Å². The predicted molar refractivity (Wildman–Crippen MR) is 78.2 cm³/mol. The molecule has 0 spiro atoms. The Kier molecular flexibility index (Phi) is 4.32. The van der Waals surface area contributed by atoms with Crippen molar-refractivity contribution in [1.82, 2.24) is 0 Å². The molecule has 0 aromatic heterocycles. The van der Waals surface area contributed by atoms with Crippen molar-refractivity contribution in [2.45, 2.75) is 32.6 Å². The van der Waals surface area contributed by atoms with Crippen molar-refractivity contribution >= 4 is 27.3 Å². The van der Waals surface area contributed by atoms with Gasteiger partial charge in [0.2, 0.25) is 0 Å². The van der Waals surface area contributed by atoms with Gasteiger partial charge in [0.05, 0.1) is 11.4 Å². The van der Waals surface area contributed by atoms with Gasteiger partial charge in [0, 0.05) is 11.0 Å². The van der Waals surface area contributed by atoms with Gasteiger partial charge < -0.3 is 11.1 Å². The fourth-order valence-electron chi connectivity index (χ4n) is 2.68. The standard InChI is InChI=1S/C14H21BrN2/c1-10-3-2-4-11(7-10)9-17-14-8-12(15)5-6-13(14)16/h5-6,8,10-11,17H,2-4,7,9,16H2,1H3. The lowest BCUT2D eigenvalue weighted by atomic mass is 9.82. The minimum atomic E-state index is 0.803. The number of anilines is 2. The lowest BCUT2D eigenvalue weighted by Gasteiger charge is -2.27. The average Bonchev–Trinajstić information content (AvgIpc) is 2.30. The van der Waals surface area contributed by atoms with E-state index in [1.165, 1.54) is 25.7 Å². The van der Waals surface area contributed by atoms with Gasteiger partial charge in [0.1, 0.15) is 0 Å². The summed E-state index contributed by atoms with van der Waals surface area (Å²) in [7, 11) is 0. The first kappa shape index (κ1) is 12.7. The Labute approximate surface area is 112 Å². The third-order valence-corrected chi connectivity index (χ3v) is 4.13. The smallest absolute Gasteiger partial charge is 0.0585 e. The molecule has 1 aliphatic carbocycles. The molecule has 1 aromatic carbocycles. The number of nitrogens with one attached hydrogen (secondary N) is 1. The van der Waals surface area contributed by atoms with Crippen LogP contribution in [0.4, 0.5) is 11.4 Å².